The molecule has 0 atom stereocenters. The zero-order valence-electron chi connectivity index (χ0n) is 20.5. The highest BCUT2D eigenvalue weighted by molar-refractivity contribution is 5.93. The van der Waals surface area contributed by atoms with Crippen molar-refractivity contribution in [2.45, 2.75) is 25.7 Å². The van der Waals surface area contributed by atoms with E-state index < -0.39 is 11.4 Å². The van der Waals surface area contributed by atoms with Crippen LogP contribution in [-0.2, 0) is 4.74 Å². The fraction of sp³-hybridized carbons (Fsp3) is 0.286. The van der Waals surface area contributed by atoms with Gasteiger partial charge < -0.3 is 19.5 Å². The molecule has 0 amide bonds. The number of nitrogens with zero attached hydrogens (tertiary/aromatic N) is 4. The Morgan fingerprint density at radius 2 is 1.81 bits per heavy atom. The van der Waals surface area contributed by atoms with E-state index in [0.29, 0.717) is 17.5 Å². The molecule has 0 unspecified atom stereocenters. The van der Waals surface area contributed by atoms with Crippen molar-refractivity contribution in [1.82, 2.24) is 19.4 Å². The zero-order valence-corrected chi connectivity index (χ0v) is 20.5. The number of nitrogens with one attached hydrogen (secondary N) is 1. The third kappa shape index (κ3) is 4.85. The average molecular weight is 484 g/mol. The second-order valence-corrected chi connectivity index (χ2v) is 9.05. The summed E-state index contributed by atoms with van der Waals surface area (Å²) in [7, 11) is 2.17. The molecule has 5 rings (SSSR count). The van der Waals surface area contributed by atoms with Crippen LogP contribution in [0.1, 0.15) is 41.6 Å². The summed E-state index contributed by atoms with van der Waals surface area (Å²) in [6.45, 7) is 4.13. The van der Waals surface area contributed by atoms with Crippen molar-refractivity contribution in [3.05, 3.63) is 88.3 Å². The first-order chi connectivity index (χ1) is 17.5. The molecule has 184 valence electrons. The van der Waals surface area contributed by atoms with E-state index in [1.165, 1.54) is 30.8 Å². The summed E-state index contributed by atoms with van der Waals surface area (Å²) in [5.41, 5.74) is 2.87. The van der Waals surface area contributed by atoms with Gasteiger partial charge in [-0.15, -0.1) is 0 Å². The minimum atomic E-state index is -0.666. The van der Waals surface area contributed by atoms with E-state index in [-0.39, 0.29) is 17.6 Å². The van der Waals surface area contributed by atoms with Crippen LogP contribution in [0.2, 0.25) is 0 Å². The van der Waals surface area contributed by atoms with E-state index >= 15 is 0 Å². The summed E-state index contributed by atoms with van der Waals surface area (Å²) in [6, 6.07) is 17.8. The Morgan fingerprint density at radius 1 is 1.08 bits per heavy atom. The number of esters is 1. The maximum absolute atomic E-state index is 13.1. The number of carbonyl (C=O) groups is 1. The molecule has 8 nitrogen and oxygen atoms in total. The molecule has 0 aliphatic carbocycles. The Labute approximate surface area is 209 Å². The predicted octanol–water partition coefficient (Wildman–Crippen LogP) is 4.51. The topological polar surface area (TPSA) is 89.3 Å². The first-order valence-electron chi connectivity index (χ1n) is 12.2. The summed E-state index contributed by atoms with van der Waals surface area (Å²) < 4.78 is 6.82. The quantitative estimate of drug-likeness (QED) is 0.404. The first-order valence-corrected chi connectivity index (χ1v) is 12.2. The third-order valence-electron chi connectivity index (χ3n) is 6.63. The van der Waals surface area contributed by atoms with Crippen LogP contribution >= 0.6 is 0 Å². The zero-order chi connectivity index (χ0) is 25.1. The van der Waals surface area contributed by atoms with Gasteiger partial charge in [0.05, 0.1) is 12.0 Å². The molecule has 1 fully saturated rings. The van der Waals surface area contributed by atoms with Crippen LogP contribution in [0.25, 0.3) is 16.7 Å². The second kappa shape index (κ2) is 10.3. The average Bonchev–Trinajstić information content (AvgIpc) is 2.90. The van der Waals surface area contributed by atoms with Gasteiger partial charge in [0.25, 0.3) is 0 Å². The van der Waals surface area contributed by atoms with E-state index in [1.807, 2.05) is 42.5 Å². The number of hydrogen-bond donors (Lipinski definition) is 1. The molecule has 0 bridgehead atoms. The second-order valence-electron chi connectivity index (χ2n) is 9.05. The van der Waals surface area contributed by atoms with Crippen LogP contribution in [0.5, 0.6) is 0 Å². The lowest BCUT2D eigenvalue weighted by atomic mass is 9.89. The molecule has 2 aromatic heterocycles. The van der Waals surface area contributed by atoms with Crippen LogP contribution in [-0.4, -0.2) is 52.1 Å². The smallest absolute Gasteiger partial charge is 0.343 e. The lowest BCUT2D eigenvalue weighted by molar-refractivity contribution is 0.0524. The van der Waals surface area contributed by atoms with Gasteiger partial charge in [-0.2, -0.15) is 4.98 Å². The van der Waals surface area contributed by atoms with Crippen molar-refractivity contribution in [3.63, 3.8) is 0 Å². The molecule has 0 spiro atoms. The van der Waals surface area contributed by atoms with Gasteiger partial charge in [0.2, 0.25) is 11.4 Å². The van der Waals surface area contributed by atoms with Gasteiger partial charge in [0.1, 0.15) is 5.56 Å². The molecular formula is C28H29N5O3. The van der Waals surface area contributed by atoms with Crippen LogP contribution in [0.4, 0.5) is 11.6 Å². The number of fused-ring (bicyclic) bond motifs is 1. The van der Waals surface area contributed by atoms with Gasteiger partial charge in [0, 0.05) is 23.8 Å². The Morgan fingerprint density at radius 3 is 2.50 bits per heavy atom. The van der Waals surface area contributed by atoms with Crippen LogP contribution < -0.4 is 10.7 Å². The van der Waals surface area contributed by atoms with Crippen molar-refractivity contribution >= 4 is 28.6 Å². The molecule has 1 aliphatic heterocycles. The van der Waals surface area contributed by atoms with Crippen molar-refractivity contribution in [1.29, 1.82) is 0 Å². The number of para-hydroxylation sites is 1. The molecule has 36 heavy (non-hydrogen) atoms. The standard InChI is InChI=1S/C28H29N5O3/c1-3-36-27(35)24-18-33(22-7-5-4-6-8-22)26-23(25(24)34)17-29-28(31-26)30-21-11-9-19(10-12-21)20-13-15-32(2)16-14-20/h4-12,17-18,20H,3,13-16H2,1-2H3,(H,29,30,31). The van der Waals surface area contributed by atoms with E-state index in [1.54, 1.807) is 11.5 Å². The monoisotopic (exact) mass is 483 g/mol. The van der Waals surface area contributed by atoms with E-state index in [0.717, 1.165) is 24.5 Å². The maximum atomic E-state index is 13.1. The van der Waals surface area contributed by atoms with Gasteiger partial charge in [-0.05, 0) is 75.6 Å². The largest absolute Gasteiger partial charge is 0.462 e. The van der Waals surface area contributed by atoms with E-state index in [9.17, 15) is 9.59 Å². The Bertz CT molecular complexity index is 1430. The highest BCUT2D eigenvalue weighted by Gasteiger charge is 2.20. The number of likely N-dealkylation sites (tertiary alicyclic amines) is 1. The van der Waals surface area contributed by atoms with Crippen molar-refractivity contribution < 1.29 is 9.53 Å². The highest BCUT2D eigenvalue weighted by atomic mass is 16.5. The fourth-order valence-corrected chi connectivity index (χ4v) is 4.62. The Balaban J connectivity index is 1.49. The predicted molar refractivity (Wildman–Crippen MR) is 140 cm³/mol. The lowest BCUT2D eigenvalue weighted by Crippen LogP contribution is -2.29. The number of hydrogen-bond acceptors (Lipinski definition) is 7. The molecular weight excluding hydrogens is 454 g/mol. The molecule has 8 heteroatoms. The summed E-state index contributed by atoms with van der Waals surface area (Å²) in [6.07, 6.45) is 5.29. The Kier molecular flexibility index (Phi) is 6.77. The first kappa shape index (κ1) is 23.7. The SMILES string of the molecule is CCOC(=O)c1cn(-c2ccccc2)c2nc(Nc3ccc(C4CCN(C)CC4)cc3)ncc2c1=O. The van der Waals surface area contributed by atoms with Crippen molar-refractivity contribution in [2.75, 3.05) is 32.1 Å². The van der Waals surface area contributed by atoms with Crippen molar-refractivity contribution in [2.24, 2.45) is 0 Å². The maximum Gasteiger partial charge on any atom is 0.343 e. The number of ether oxygens (including phenoxy) is 1. The number of anilines is 2. The highest BCUT2D eigenvalue weighted by Crippen LogP contribution is 2.29. The van der Waals surface area contributed by atoms with Gasteiger partial charge in [-0.25, -0.2) is 9.78 Å². The molecule has 4 aromatic rings. The number of aromatic nitrogens is 3. The van der Waals surface area contributed by atoms with Crippen molar-refractivity contribution in [3.8, 4) is 5.69 Å². The number of rotatable bonds is 6. The lowest BCUT2D eigenvalue weighted by Gasteiger charge is -2.29. The molecule has 1 saturated heterocycles. The molecule has 0 radical (unpaired) electrons. The van der Waals surface area contributed by atoms with Gasteiger partial charge in [-0.1, -0.05) is 30.3 Å². The number of benzene rings is 2. The summed E-state index contributed by atoms with van der Waals surface area (Å²) in [5, 5.41) is 3.49. The molecule has 2 aromatic carbocycles. The number of pyridine rings is 1. The van der Waals surface area contributed by atoms with Gasteiger partial charge >= 0.3 is 5.97 Å². The Hall–Kier alpha value is -4.04. The van der Waals surface area contributed by atoms with Crippen LogP contribution in [0, 0.1) is 0 Å². The number of piperidine rings is 1. The van der Waals surface area contributed by atoms with Crippen LogP contribution in [0.15, 0.2) is 71.8 Å². The summed E-state index contributed by atoms with van der Waals surface area (Å²) in [4.78, 5) is 37.0. The van der Waals surface area contributed by atoms with E-state index in [4.69, 9.17) is 4.74 Å². The number of carbonyl (C=O) groups excluding carboxylic acids is 1. The third-order valence-corrected chi connectivity index (χ3v) is 6.63. The molecule has 3 heterocycles. The molecule has 1 N–H and O–H groups in total. The minimum Gasteiger partial charge on any atom is -0.462 e. The molecule has 1 aliphatic rings. The summed E-state index contributed by atoms with van der Waals surface area (Å²) in [5.74, 6) is 0.282. The van der Waals surface area contributed by atoms with E-state index in [2.05, 4.69) is 39.4 Å². The molecule has 0 saturated carbocycles. The van der Waals surface area contributed by atoms with Gasteiger partial charge in [-0.3, -0.25) is 4.79 Å². The fourth-order valence-electron chi connectivity index (χ4n) is 4.62. The van der Waals surface area contributed by atoms with Gasteiger partial charge in [0.15, 0.2) is 5.65 Å². The minimum absolute atomic E-state index is 0.0537. The van der Waals surface area contributed by atoms with Crippen LogP contribution in [0.3, 0.4) is 0 Å². The summed E-state index contributed by atoms with van der Waals surface area (Å²) >= 11 is 0. The normalized spacial score (nSPS) is 14.6.